The molecule has 4 heterocycles. The molecule has 0 aliphatic carbocycles. The SMILES string of the molecule is COc1ccc(-c2cn3ccccc3n2)cc1NC(=O)c1c(C)nc2ccccn12. The van der Waals surface area contributed by atoms with Crippen LogP contribution in [0.25, 0.3) is 22.6 Å². The number of pyridine rings is 2. The summed E-state index contributed by atoms with van der Waals surface area (Å²) in [7, 11) is 1.58. The maximum absolute atomic E-state index is 13.1. The van der Waals surface area contributed by atoms with Crippen LogP contribution in [0.4, 0.5) is 5.69 Å². The van der Waals surface area contributed by atoms with Crippen LogP contribution in [0.3, 0.4) is 0 Å². The number of rotatable bonds is 4. The van der Waals surface area contributed by atoms with E-state index in [0.717, 1.165) is 22.6 Å². The molecule has 0 unspecified atom stereocenters. The number of aromatic nitrogens is 4. The number of methoxy groups -OCH3 is 1. The minimum atomic E-state index is -0.253. The Labute approximate surface area is 172 Å². The molecule has 7 nitrogen and oxygen atoms in total. The van der Waals surface area contributed by atoms with Crippen molar-refractivity contribution in [1.82, 2.24) is 18.8 Å². The lowest BCUT2D eigenvalue weighted by molar-refractivity contribution is 0.102. The molecular weight excluding hydrogens is 378 g/mol. The van der Waals surface area contributed by atoms with Crippen molar-refractivity contribution in [3.05, 3.63) is 84.6 Å². The standard InChI is InChI=1S/C23H19N5O2/c1-15-22(28-12-6-4-8-21(28)24-15)23(29)26-17-13-16(9-10-19(17)30-2)18-14-27-11-5-3-7-20(27)25-18/h3-14H,1-2H3,(H,26,29). The monoisotopic (exact) mass is 397 g/mol. The van der Waals surface area contributed by atoms with Crippen LogP contribution in [0.1, 0.15) is 16.2 Å². The lowest BCUT2D eigenvalue weighted by Gasteiger charge is -2.12. The van der Waals surface area contributed by atoms with Crippen molar-refractivity contribution in [1.29, 1.82) is 0 Å². The van der Waals surface area contributed by atoms with E-state index in [4.69, 9.17) is 4.74 Å². The summed E-state index contributed by atoms with van der Waals surface area (Å²) in [6.45, 7) is 1.83. The number of amides is 1. The van der Waals surface area contributed by atoms with Crippen LogP contribution in [-0.2, 0) is 0 Å². The van der Waals surface area contributed by atoms with Crippen molar-refractivity contribution in [3.8, 4) is 17.0 Å². The van der Waals surface area contributed by atoms with Crippen LogP contribution in [0.5, 0.6) is 5.75 Å². The summed E-state index contributed by atoms with van der Waals surface area (Å²) in [6, 6.07) is 17.1. The molecule has 5 aromatic rings. The first-order valence-electron chi connectivity index (χ1n) is 9.51. The van der Waals surface area contributed by atoms with E-state index in [9.17, 15) is 4.79 Å². The van der Waals surface area contributed by atoms with E-state index >= 15 is 0 Å². The minimum Gasteiger partial charge on any atom is -0.495 e. The van der Waals surface area contributed by atoms with Crippen molar-refractivity contribution in [2.75, 3.05) is 12.4 Å². The van der Waals surface area contributed by atoms with E-state index in [-0.39, 0.29) is 5.91 Å². The zero-order chi connectivity index (χ0) is 20.7. The maximum atomic E-state index is 13.1. The molecule has 0 spiro atoms. The molecule has 0 atom stereocenters. The van der Waals surface area contributed by atoms with Gasteiger partial charge in [0, 0.05) is 24.2 Å². The highest BCUT2D eigenvalue weighted by molar-refractivity contribution is 6.05. The van der Waals surface area contributed by atoms with Gasteiger partial charge in [0.2, 0.25) is 0 Å². The highest BCUT2D eigenvalue weighted by Gasteiger charge is 2.18. The predicted octanol–water partition coefficient (Wildman–Crippen LogP) is 4.22. The third-order valence-corrected chi connectivity index (χ3v) is 5.03. The molecule has 4 aromatic heterocycles. The van der Waals surface area contributed by atoms with Gasteiger partial charge in [-0.05, 0) is 49.4 Å². The van der Waals surface area contributed by atoms with Gasteiger partial charge in [-0.3, -0.25) is 9.20 Å². The Morgan fingerprint density at radius 3 is 2.60 bits per heavy atom. The Balaban J connectivity index is 1.54. The fourth-order valence-corrected chi connectivity index (χ4v) is 3.61. The Hall–Kier alpha value is -4.13. The average Bonchev–Trinajstić information content (AvgIpc) is 3.33. The van der Waals surface area contributed by atoms with Gasteiger partial charge in [-0.1, -0.05) is 12.1 Å². The van der Waals surface area contributed by atoms with Crippen LogP contribution in [0.2, 0.25) is 0 Å². The first kappa shape index (κ1) is 17.9. The lowest BCUT2D eigenvalue weighted by Crippen LogP contribution is -2.16. The third kappa shape index (κ3) is 2.97. The number of ether oxygens (including phenoxy) is 1. The van der Waals surface area contributed by atoms with Gasteiger partial charge >= 0.3 is 0 Å². The molecule has 0 aliphatic heterocycles. The van der Waals surface area contributed by atoms with E-state index in [0.29, 0.717) is 22.8 Å². The quantitative estimate of drug-likeness (QED) is 0.493. The number of carbonyl (C=O) groups is 1. The van der Waals surface area contributed by atoms with Gasteiger partial charge in [0.15, 0.2) is 0 Å². The van der Waals surface area contributed by atoms with Gasteiger partial charge in [0.05, 0.1) is 24.2 Å². The summed E-state index contributed by atoms with van der Waals surface area (Å²) in [5, 5.41) is 2.98. The van der Waals surface area contributed by atoms with Crippen LogP contribution in [0, 0.1) is 6.92 Å². The fraction of sp³-hybridized carbons (Fsp3) is 0.0870. The Bertz CT molecular complexity index is 1370. The largest absolute Gasteiger partial charge is 0.495 e. The normalized spacial score (nSPS) is 11.1. The van der Waals surface area contributed by atoms with E-state index in [1.165, 1.54) is 0 Å². The number of fused-ring (bicyclic) bond motifs is 2. The minimum absolute atomic E-state index is 0.253. The molecule has 1 amide bonds. The number of aryl methyl sites for hydroxylation is 1. The number of carbonyl (C=O) groups excluding carboxylic acids is 1. The van der Waals surface area contributed by atoms with Crippen molar-refractivity contribution >= 4 is 22.9 Å². The molecular formula is C23H19N5O2. The molecule has 148 valence electrons. The smallest absolute Gasteiger partial charge is 0.274 e. The predicted molar refractivity (Wildman–Crippen MR) is 115 cm³/mol. The summed E-state index contributed by atoms with van der Waals surface area (Å²) in [6.07, 6.45) is 5.73. The van der Waals surface area contributed by atoms with Crippen molar-refractivity contribution in [2.24, 2.45) is 0 Å². The van der Waals surface area contributed by atoms with Crippen LogP contribution in [0.15, 0.2) is 73.2 Å². The molecule has 30 heavy (non-hydrogen) atoms. The number of hydrogen-bond donors (Lipinski definition) is 1. The second-order valence-electron chi connectivity index (χ2n) is 6.94. The molecule has 5 rings (SSSR count). The maximum Gasteiger partial charge on any atom is 0.274 e. The van der Waals surface area contributed by atoms with Gasteiger partial charge in [0.1, 0.15) is 22.7 Å². The van der Waals surface area contributed by atoms with Gasteiger partial charge in [0.25, 0.3) is 5.91 Å². The Morgan fingerprint density at radius 1 is 1.00 bits per heavy atom. The lowest BCUT2D eigenvalue weighted by atomic mass is 10.1. The third-order valence-electron chi connectivity index (χ3n) is 5.03. The number of anilines is 1. The molecule has 7 heteroatoms. The zero-order valence-electron chi connectivity index (χ0n) is 16.5. The molecule has 0 saturated heterocycles. The first-order valence-corrected chi connectivity index (χ1v) is 9.51. The van der Waals surface area contributed by atoms with Crippen LogP contribution >= 0.6 is 0 Å². The van der Waals surface area contributed by atoms with Crippen molar-refractivity contribution < 1.29 is 9.53 Å². The van der Waals surface area contributed by atoms with E-state index in [1.807, 2.05) is 84.5 Å². The Morgan fingerprint density at radius 2 is 1.80 bits per heavy atom. The van der Waals surface area contributed by atoms with Gasteiger partial charge in [-0.25, -0.2) is 9.97 Å². The number of benzene rings is 1. The van der Waals surface area contributed by atoms with Gasteiger partial charge in [-0.2, -0.15) is 0 Å². The van der Waals surface area contributed by atoms with E-state index in [2.05, 4.69) is 15.3 Å². The van der Waals surface area contributed by atoms with Crippen LogP contribution < -0.4 is 10.1 Å². The molecule has 1 aromatic carbocycles. The zero-order valence-corrected chi connectivity index (χ0v) is 16.5. The number of imidazole rings is 2. The summed E-state index contributed by atoms with van der Waals surface area (Å²) in [5.74, 6) is 0.319. The molecule has 0 aliphatic rings. The summed E-state index contributed by atoms with van der Waals surface area (Å²) < 4.78 is 9.21. The second-order valence-corrected chi connectivity index (χ2v) is 6.94. The van der Waals surface area contributed by atoms with Crippen molar-refractivity contribution in [2.45, 2.75) is 6.92 Å². The van der Waals surface area contributed by atoms with Gasteiger partial charge < -0.3 is 14.5 Å². The highest BCUT2D eigenvalue weighted by Crippen LogP contribution is 2.31. The Kier molecular flexibility index (Phi) is 4.21. The highest BCUT2D eigenvalue weighted by atomic mass is 16.5. The molecule has 1 N–H and O–H groups in total. The van der Waals surface area contributed by atoms with Gasteiger partial charge in [-0.15, -0.1) is 0 Å². The molecule has 0 saturated carbocycles. The summed E-state index contributed by atoms with van der Waals surface area (Å²) in [4.78, 5) is 22.2. The topological polar surface area (TPSA) is 72.9 Å². The van der Waals surface area contributed by atoms with Crippen molar-refractivity contribution in [3.63, 3.8) is 0 Å². The summed E-state index contributed by atoms with van der Waals surface area (Å²) in [5.41, 5.74) is 5.00. The molecule has 0 fully saturated rings. The fourth-order valence-electron chi connectivity index (χ4n) is 3.61. The molecule has 0 bridgehead atoms. The number of hydrogen-bond acceptors (Lipinski definition) is 4. The summed E-state index contributed by atoms with van der Waals surface area (Å²) >= 11 is 0. The van der Waals surface area contributed by atoms with E-state index in [1.54, 1.807) is 11.5 Å². The first-order chi connectivity index (χ1) is 14.6. The van der Waals surface area contributed by atoms with E-state index < -0.39 is 0 Å². The number of nitrogens with zero attached hydrogens (tertiary/aromatic N) is 4. The number of nitrogens with one attached hydrogen (secondary N) is 1. The second kappa shape index (κ2) is 7.04. The van der Waals surface area contributed by atoms with Crippen LogP contribution in [-0.4, -0.2) is 31.8 Å². The molecule has 0 radical (unpaired) electrons. The average molecular weight is 397 g/mol.